The van der Waals surface area contributed by atoms with Crippen LogP contribution in [0.4, 0.5) is 0 Å². The molecule has 1 heterocycles. The number of hydrogen-bond acceptors (Lipinski definition) is 3. The van der Waals surface area contributed by atoms with Gasteiger partial charge in [-0.3, -0.25) is 0 Å². The fraction of sp³-hybridized carbons (Fsp3) is 0.375. The van der Waals surface area contributed by atoms with E-state index in [1.165, 1.54) is 11.1 Å². The first kappa shape index (κ1) is 15.1. The summed E-state index contributed by atoms with van der Waals surface area (Å²) in [6.45, 7) is 4.83. The molecule has 0 spiro atoms. The van der Waals surface area contributed by atoms with Crippen LogP contribution in [0.2, 0.25) is 0 Å². The van der Waals surface area contributed by atoms with Crippen molar-refractivity contribution in [2.24, 2.45) is 5.73 Å². The van der Waals surface area contributed by atoms with Gasteiger partial charge in [-0.15, -0.1) is 0 Å². The quantitative estimate of drug-likeness (QED) is 0.912. The van der Waals surface area contributed by atoms with Crippen LogP contribution in [-0.4, -0.2) is 16.5 Å². The van der Waals surface area contributed by atoms with Crippen molar-refractivity contribution < 1.29 is 0 Å². The van der Waals surface area contributed by atoms with E-state index in [4.69, 9.17) is 5.73 Å². The molecular weight excluding hydrogens is 314 g/mol. The molecule has 0 saturated heterocycles. The van der Waals surface area contributed by atoms with E-state index in [0.717, 1.165) is 40.9 Å². The third-order valence-electron chi connectivity index (χ3n) is 3.35. The molecule has 0 aliphatic heterocycles. The molecular formula is C16H20BrN3. The number of nitrogens with zero attached hydrogens (tertiary/aromatic N) is 2. The molecule has 0 unspecified atom stereocenters. The number of nitrogens with two attached hydrogens (primary N) is 1. The molecule has 1 aromatic carbocycles. The minimum atomic E-state index is 0.707. The second-order valence-electron chi connectivity index (χ2n) is 4.99. The first-order chi connectivity index (χ1) is 9.60. The van der Waals surface area contributed by atoms with Crippen LogP contribution in [0.15, 0.2) is 28.7 Å². The highest BCUT2D eigenvalue weighted by Gasteiger charge is 2.09. The van der Waals surface area contributed by atoms with Crippen LogP contribution in [0.1, 0.15) is 34.8 Å². The Morgan fingerprint density at radius 2 is 1.85 bits per heavy atom. The Morgan fingerprint density at radius 3 is 2.45 bits per heavy atom. The first-order valence-corrected chi connectivity index (χ1v) is 7.67. The molecule has 20 heavy (non-hydrogen) atoms. The lowest BCUT2D eigenvalue weighted by atomic mass is 10.1. The molecule has 3 nitrogen and oxygen atoms in total. The summed E-state index contributed by atoms with van der Waals surface area (Å²) in [4.78, 5) is 9.29. The van der Waals surface area contributed by atoms with E-state index in [9.17, 15) is 0 Å². The summed E-state index contributed by atoms with van der Waals surface area (Å²) in [5.74, 6) is 0.884. The standard InChI is InChI=1S/C16H20BrN3/c1-11-15(7-4-8-18)12(2)20-16(19-11)10-13-5-3-6-14(17)9-13/h3,5-6,9H,4,7-8,10,18H2,1-2H3. The summed E-state index contributed by atoms with van der Waals surface area (Å²) in [7, 11) is 0. The highest BCUT2D eigenvalue weighted by Crippen LogP contribution is 2.16. The van der Waals surface area contributed by atoms with E-state index in [-0.39, 0.29) is 0 Å². The summed E-state index contributed by atoms with van der Waals surface area (Å²) >= 11 is 3.49. The van der Waals surface area contributed by atoms with Crippen molar-refractivity contribution in [3.63, 3.8) is 0 Å². The van der Waals surface area contributed by atoms with Crippen LogP contribution in [0.3, 0.4) is 0 Å². The average Bonchev–Trinajstić information content (AvgIpc) is 2.38. The summed E-state index contributed by atoms with van der Waals surface area (Å²) < 4.78 is 1.09. The lowest BCUT2D eigenvalue weighted by Crippen LogP contribution is -2.08. The van der Waals surface area contributed by atoms with Gasteiger partial charge in [0.15, 0.2) is 0 Å². The third-order valence-corrected chi connectivity index (χ3v) is 3.84. The van der Waals surface area contributed by atoms with Crippen LogP contribution in [0.25, 0.3) is 0 Å². The van der Waals surface area contributed by atoms with Gasteiger partial charge in [-0.1, -0.05) is 28.1 Å². The van der Waals surface area contributed by atoms with Crippen molar-refractivity contribution in [3.8, 4) is 0 Å². The van der Waals surface area contributed by atoms with Gasteiger partial charge in [0.1, 0.15) is 5.82 Å². The number of halogens is 1. The molecule has 0 aliphatic rings. The molecule has 1 aromatic heterocycles. The van der Waals surface area contributed by atoms with Crippen molar-refractivity contribution >= 4 is 15.9 Å². The van der Waals surface area contributed by atoms with Gasteiger partial charge in [0, 0.05) is 22.3 Å². The van der Waals surface area contributed by atoms with Crippen molar-refractivity contribution in [2.45, 2.75) is 33.1 Å². The molecule has 0 radical (unpaired) electrons. The SMILES string of the molecule is Cc1nc(Cc2cccc(Br)c2)nc(C)c1CCCN. The zero-order chi connectivity index (χ0) is 14.5. The number of aromatic nitrogens is 2. The molecule has 0 atom stereocenters. The van der Waals surface area contributed by atoms with Crippen molar-refractivity contribution in [1.29, 1.82) is 0 Å². The van der Waals surface area contributed by atoms with Gasteiger partial charge in [-0.2, -0.15) is 0 Å². The van der Waals surface area contributed by atoms with Gasteiger partial charge in [0.05, 0.1) is 0 Å². The van der Waals surface area contributed by atoms with Crippen molar-refractivity contribution in [2.75, 3.05) is 6.54 Å². The average molecular weight is 334 g/mol. The van der Waals surface area contributed by atoms with Gasteiger partial charge in [0.2, 0.25) is 0 Å². The number of rotatable bonds is 5. The predicted octanol–water partition coefficient (Wildman–Crippen LogP) is 3.34. The Kier molecular flexibility index (Phi) is 5.26. The lowest BCUT2D eigenvalue weighted by molar-refractivity contribution is 0.791. The third kappa shape index (κ3) is 3.87. The van der Waals surface area contributed by atoms with E-state index in [2.05, 4.69) is 51.9 Å². The fourth-order valence-corrected chi connectivity index (χ4v) is 2.80. The normalized spacial score (nSPS) is 10.8. The highest BCUT2D eigenvalue weighted by atomic mass is 79.9. The molecule has 0 bridgehead atoms. The predicted molar refractivity (Wildman–Crippen MR) is 85.8 cm³/mol. The van der Waals surface area contributed by atoms with Gasteiger partial charge >= 0.3 is 0 Å². The van der Waals surface area contributed by atoms with E-state index >= 15 is 0 Å². The van der Waals surface area contributed by atoms with Crippen LogP contribution >= 0.6 is 15.9 Å². The van der Waals surface area contributed by atoms with Crippen molar-refractivity contribution in [1.82, 2.24) is 9.97 Å². The Bertz CT molecular complexity index is 573. The molecule has 2 rings (SSSR count). The maximum atomic E-state index is 5.58. The summed E-state index contributed by atoms with van der Waals surface area (Å²) in [6.07, 6.45) is 2.71. The molecule has 4 heteroatoms. The number of aryl methyl sites for hydroxylation is 2. The molecule has 106 valence electrons. The van der Waals surface area contributed by atoms with Crippen LogP contribution in [0, 0.1) is 13.8 Å². The Morgan fingerprint density at radius 1 is 1.15 bits per heavy atom. The summed E-state index contributed by atoms with van der Waals surface area (Å²) in [5.41, 5.74) is 10.2. The van der Waals surface area contributed by atoms with E-state index in [0.29, 0.717) is 6.54 Å². The maximum Gasteiger partial charge on any atom is 0.133 e. The van der Waals surface area contributed by atoms with E-state index in [1.807, 2.05) is 12.1 Å². The maximum absolute atomic E-state index is 5.58. The molecule has 0 amide bonds. The van der Waals surface area contributed by atoms with Gasteiger partial charge in [-0.25, -0.2) is 9.97 Å². The first-order valence-electron chi connectivity index (χ1n) is 6.87. The minimum Gasteiger partial charge on any atom is -0.330 e. The van der Waals surface area contributed by atoms with Gasteiger partial charge < -0.3 is 5.73 Å². The second kappa shape index (κ2) is 6.95. The van der Waals surface area contributed by atoms with Crippen LogP contribution in [-0.2, 0) is 12.8 Å². The zero-order valence-electron chi connectivity index (χ0n) is 12.0. The lowest BCUT2D eigenvalue weighted by Gasteiger charge is -2.10. The minimum absolute atomic E-state index is 0.707. The summed E-state index contributed by atoms with van der Waals surface area (Å²) in [5, 5.41) is 0. The zero-order valence-corrected chi connectivity index (χ0v) is 13.6. The topological polar surface area (TPSA) is 51.8 Å². The molecule has 2 aromatic rings. The van der Waals surface area contributed by atoms with Crippen LogP contribution in [0.5, 0.6) is 0 Å². The van der Waals surface area contributed by atoms with Gasteiger partial charge in [-0.05, 0) is 56.5 Å². The Balaban J connectivity index is 2.21. The number of benzene rings is 1. The van der Waals surface area contributed by atoms with E-state index < -0.39 is 0 Å². The van der Waals surface area contributed by atoms with Gasteiger partial charge in [0.25, 0.3) is 0 Å². The van der Waals surface area contributed by atoms with Crippen molar-refractivity contribution in [3.05, 3.63) is 57.1 Å². The highest BCUT2D eigenvalue weighted by molar-refractivity contribution is 9.10. The molecule has 0 aliphatic carbocycles. The Hall–Kier alpha value is -1.26. The number of hydrogen-bond donors (Lipinski definition) is 1. The largest absolute Gasteiger partial charge is 0.330 e. The fourth-order valence-electron chi connectivity index (χ4n) is 2.36. The molecule has 0 saturated carbocycles. The molecule has 2 N–H and O–H groups in total. The smallest absolute Gasteiger partial charge is 0.133 e. The monoisotopic (exact) mass is 333 g/mol. The van der Waals surface area contributed by atoms with E-state index in [1.54, 1.807) is 0 Å². The Labute approximate surface area is 128 Å². The summed E-state index contributed by atoms with van der Waals surface area (Å²) in [6, 6.07) is 8.27. The second-order valence-corrected chi connectivity index (χ2v) is 5.90. The van der Waals surface area contributed by atoms with Crippen LogP contribution < -0.4 is 5.73 Å². The molecule has 0 fully saturated rings.